The summed E-state index contributed by atoms with van der Waals surface area (Å²) in [5.74, 6) is 1.45. The number of anilines is 1. The van der Waals surface area contributed by atoms with Gasteiger partial charge in [0.1, 0.15) is 5.82 Å². The van der Waals surface area contributed by atoms with Crippen molar-refractivity contribution in [1.29, 1.82) is 0 Å². The maximum atomic E-state index is 11.9. The van der Waals surface area contributed by atoms with E-state index in [1.54, 1.807) is 12.3 Å². The molecule has 1 aliphatic rings. The maximum absolute atomic E-state index is 11.9. The summed E-state index contributed by atoms with van der Waals surface area (Å²) in [5.41, 5.74) is 0.631. The number of nitrogens with zero attached hydrogens (tertiary/aromatic N) is 1. The van der Waals surface area contributed by atoms with Crippen molar-refractivity contribution < 1.29 is 4.79 Å². The molecule has 2 unspecified atom stereocenters. The lowest BCUT2D eigenvalue weighted by molar-refractivity contribution is 0.0948. The van der Waals surface area contributed by atoms with Crippen molar-refractivity contribution in [2.75, 3.05) is 12.4 Å². The minimum Gasteiger partial charge on any atom is -0.373 e. The Morgan fingerprint density at radius 1 is 1.53 bits per heavy atom. The second kappa shape index (κ2) is 5.17. The first kappa shape index (κ1) is 11.9. The number of rotatable bonds is 5. The van der Waals surface area contributed by atoms with Gasteiger partial charge >= 0.3 is 0 Å². The second-order valence-electron chi connectivity index (χ2n) is 4.55. The molecular formula is C13H19N3O. The van der Waals surface area contributed by atoms with Gasteiger partial charge in [-0.25, -0.2) is 4.98 Å². The monoisotopic (exact) mass is 233 g/mol. The Labute approximate surface area is 102 Å². The highest BCUT2D eigenvalue weighted by atomic mass is 16.1. The van der Waals surface area contributed by atoms with E-state index in [4.69, 9.17) is 0 Å². The van der Waals surface area contributed by atoms with Crippen LogP contribution in [0.3, 0.4) is 0 Å². The van der Waals surface area contributed by atoms with Gasteiger partial charge in [0, 0.05) is 19.3 Å². The molecule has 92 valence electrons. The topological polar surface area (TPSA) is 54.0 Å². The van der Waals surface area contributed by atoms with Gasteiger partial charge < -0.3 is 10.6 Å². The average Bonchev–Trinajstić information content (AvgIpc) is 3.08. The van der Waals surface area contributed by atoms with Crippen molar-refractivity contribution in [2.24, 2.45) is 5.92 Å². The molecule has 2 atom stereocenters. The van der Waals surface area contributed by atoms with Gasteiger partial charge in [-0.2, -0.15) is 0 Å². The molecule has 2 N–H and O–H groups in total. The molecule has 1 aromatic rings. The van der Waals surface area contributed by atoms with Crippen LogP contribution in [0, 0.1) is 5.92 Å². The maximum Gasteiger partial charge on any atom is 0.253 e. The summed E-state index contributed by atoms with van der Waals surface area (Å²) in [5, 5.41) is 5.97. The standard InChI is InChI=1S/C13H19N3O/c1-3-4-9-7-11(9)16-13(17)10-5-6-12(14-2)15-8-10/h5-6,8-9,11H,3-4,7H2,1-2H3,(H,14,15)(H,16,17). The van der Waals surface area contributed by atoms with E-state index in [-0.39, 0.29) is 5.91 Å². The number of carbonyl (C=O) groups excluding carboxylic acids is 1. The highest BCUT2D eigenvalue weighted by Gasteiger charge is 2.37. The zero-order valence-electron chi connectivity index (χ0n) is 10.4. The second-order valence-corrected chi connectivity index (χ2v) is 4.55. The van der Waals surface area contributed by atoms with E-state index in [2.05, 4.69) is 22.5 Å². The summed E-state index contributed by atoms with van der Waals surface area (Å²) in [7, 11) is 1.81. The summed E-state index contributed by atoms with van der Waals surface area (Å²) < 4.78 is 0. The van der Waals surface area contributed by atoms with Crippen molar-refractivity contribution in [3.8, 4) is 0 Å². The number of hydrogen-bond donors (Lipinski definition) is 2. The van der Waals surface area contributed by atoms with Crippen LogP contribution in [0.1, 0.15) is 36.5 Å². The third-order valence-corrected chi connectivity index (χ3v) is 3.18. The van der Waals surface area contributed by atoms with Crippen LogP contribution in [0.5, 0.6) is 0 Å². The first-order chi connectivity index (χ1) is 8.24. The first-order valence-corrected chi connectivity index (χ1v) is 6.19. The van der Waals surface area contributed by atoms with E-state index >= 15 is 0 Å². The minimum absolute atomic E-state index is 0.0104. The Kier molecular flexibility index (Phi) is 3.61. The minimum atomic E-state index is -0.0104. The highest BCUT2D eigenvalue weighted by Crippen LogP contribution is 2.34. The van der Waals surface area contributed by atoms with Gasteiger partial charge in [0.05, 0.1) is 5.56 Å². The number of hydrogen-bond acceptors (Lipinski definition) is 3. The lowest BCUT2D eigenvalue weighted by Crippen LogP contribution is -2.26. The Balaban J connectivity index is 1.87. The van der Waals surface area contributed by atoms with Crippen LogP contribution in [-0.2, 0) is 0 Å². The van der Waals surface area contributed by atoms with Crippen LogP contribution in [0.4, 0.5) is 5.82 Å². The molecule has 0 aromatic carbocycles. The van der Waals surface area contributed by atoms with Crippen LogP contribution in [0.2, 0.25) is 0 Å². The van der Waals surface area contributed by atoms with Crippen molar-refractivity contribution >= 4 is 11.7 Å². The molecule has 1 heterocycles. The summed E-state index contributed by atoms with van der Waals surface area (Å²) in [6.07, 6.45) is 5.14. The average molecular weight is 233 g/mol. The van der Waals surface area contributed by atoms with Crippen molar-refractivity contribution in [3.05, 3.63) is 23.9 Å². The number of carbonyl (C=O) groups is 1. The molecule has 1 saturated carbocycles. The molecule has 1 fully saturated rings. The number of aromatic nitrogens is 1. The van der Waals surface area contributed by atoms with Crippen molar-refractivity contribution in [1.82, 2.24) is 10.3 Å². The molecule has 0 bridgehead atoms. The fraction of sp³-hybridized carbons (Fsp3) is 0.538. The fourth-order valence-corrected chi connectivity index (χ4v) is 2.04. The quantitative estimate of drug-likeness (QED) is 0.818. The lowest BCUT2D eigenvalue weighted by atomic mass is 10.2. The summed E-state index contributed by atoms with van der Waals surface area (Å²) in [4.78, 5) is 16.0. The van der Waals surface area contributed by atoms with Gasteiger partial charge in [0.2, 0.25) is 0 Å². The van der Waals surface area contributed by atoms with Gasteiger partial charge in [0.25, 0.3) is 5.91 Å². The summed E-state index contributed by atoms with van der Waals surface area (Å²) in [6.45, 7) is 2.18. The van der Waals surface area contributed by atoms with Crippen LogP contribution in [0.25, 0.3) is 0 Å². The normalized spacial score (nSPS) is 22.0. The Hall–Kier alpha value is -1.58. The number of nitrogens with one attached hydrogen (secondary N) is 2. The first-order valence-electron chi connectivity index (χ1n) is 6.19. The van der Waals surface area contributed by atoms with Gasteiger partial charge in [-0.05, 0) is 30.9 Å². The fourth-order valence-electron chi connectivity index (χ4n) is 2.04. The molecule has 1 aliphatic carbocycles. The van der Waals surface area contributed by atoms with E-state index in [0.717, 1.165) is 12.2 Å². The Morgan fingerprint density at radius 2 is 2.35 bits per heavy atom. The molecular weight excluding hydrogens is 214 g/mol. The molecule has 0 aliphatic heterocycles. The predicted molar refractivity (Wildman–Crippen MR) is 68.1 cm³/mol. The van der Waals surface area contributed by atoms with E-state index in [1.165, 1.54) is 12.8 Å². The van der Waals surface area contributed by atoms with Crippen molar-refractivity contribution in [2.45, 2.75) is 32.2 Å². The molecule has 1 aromatic heterocycles. The molecule has 0 radical (unpaired) electrons. The molecule has 1 amide bonds. The molecule has 4 heteroatoms. The third-order valence-electron chi connectivity index (χ3n) is 3.18. The molecule has 0 saturated heterocycles. The van der Waals surface area contributed by atoms with Crippen molar-refractivity contribution in [3.63, 3.8) is 0 Å². The molecule has 0 spiro atoms. The van der Waals surface area contributed by atoms with Crippen LogP contribution < -0.4 is 10.6 Å². The molecule has 2 rings (SSSR count). The van der Waals surface area contributed by atoms with E-state index in [0.29, 0.717) is 17.5 Å². The van der Waals surface area contributed by atoms with Crippen LogP contribution in [-0.4, -0.2) is 24.0 Å². The zero-order chi connectivity index (χ0) is 12.3. The molecule has 4 nitrogen and oxygen atoms in total. The van der Waals surface area contributed by atoms with Crippen LogP contribution >= 0.6 is 0 Å². The lowest BCUT2D eigenvalue weighted by Gasteiger charge is -2.05. The predicted octanol–water partition coefficient (Wildman–Crippen LogP) is 2.04. The van der Waals surface area contributed by atoms with Crippen LogP contribution in [0.15, 0.2) is 18.3 Å². The highest BCUT2D eigenvalue weighted by molar-refractivity contribution is 5.94. The Bertz CT molecular complexity index is 388. The summed E-state index contributed by atoms with van der Waals surface area (Å²) >= 11 is 0. The largest absolute Gasteiger partial charge is 0.373 e. The van der Waals surface area contributed by atoms with Gasteiger partial charge in [-0.1, -0.05) is 13.3 Å². The molecule has 17 heavy (non-hydrogen) atoms. The summed E-state index contributed by atoms with van der Waals surface area (Å²) in [6, 6.07) is 3.99. The number of pyridine rings is 1. The SMILES string of the molecule is CCCC1CC1NC(=O)c1ccc(NC)nc1. The van der Waals surface area contributed by atoms with Gasteiger partial charge in [0.15, 0.2) is 0 Å². The zero-order valence-corrected chi connectivity index (χ0v) is 10.4. The Morgan fingerprint density at radius 3 is 2.94 bits per heavy atom. The van der Waals surface area contributed by atoms with E-state index in [1.807, 2.05) is 13.1 Å². The smallest absolute Gasteiger partial charge is 0.253 e. The third kappa shape index (κ3) is 2.96. The van der Waals surface area contributed by atoms with Gasteiger partial charge in [-0.15, -0.1) is 0 Å². The number of amides is 1. The van der Waals surface area contributed by atoms with E-state index in [9.17, 15) is 4.79 Å². The van der Waals surface area contributed by atoms with Gasteiger partial charge in [-0.3, -0.25) is 4.79 Å². The van der Waals surface area contributed by atoms with E-state index < -0.39 is 0 Å².